The van der Waals surface area contributed by atoms with Crippen LogP contribution in [-0.4, -0.2) is 50.2 Å². The van der Waals surface area contributed by atoms with Gasteiger partial charge in [0.25, 0.3) is 0 Å². The number of nitrogens with zero attached hydrogens (tertiary/aromatic N) is 3. The maximum Gasteiger partial charge on any atom is 0.243 e. The molecule has 1 aliphatic rings. The fourth-order valence-electron chi connectivity index (χ4n) is 3.58. The second-order valence-corrected chi connectivity index (χ2v) is 9.95. The van der Waals surface area contributed by atoms with Crippen molar-refractivity contribution < 1.29 is 17.9 Å². The van der Waals surface area contributed by atoms with Gasteiger partial charge < -0.3 is 9.47 Å². The molecule has 2 aromatic carbocycles. The lowest BCUT2D eigenvalue weighted by molar-refractivity contribution is 0.318. The number of hydrogen-bond acceptors (Lipinski definition) is 7. The quantitative estimate of drug-likeness (QED) is 0.574. The summed E-state index contributed by atoms with van der Waals surface area (Å²) in [7, 11) is -0.378. The van der Waals surface area contributed by atoms with Crippen LogP contribution in [0.5, 0.6) is 11.5 Å². The zero-order valence-electron chi connectivity index (χ0n) is 16.8. The van der Waals surface area contributed by atoms with Crippen molar-refractivity contribution in [2.24, 2.45) is 0 Å². The largest absolute Gasteiger partial charge is 0.497 e. The van der Waals surface area contributed by atoms with E-state index in [-0.39, 0.29) is 10.8 Å². The average molecular weight is 446 g/mol. The molecule has 1 aliphatic heterocycles. The normalized spacial score (nSPS) is 15.8. The summed E-state index contributed by atoms with van der Waals surface area (Å²) in [5.74, 6) is 1.49. The highest BCUT2D eigenvalue weighted by Gasteiger charge is 2.31. The Morgan fingerprint density at radius 3 is 2.50 bits per heavy atom. The first-order chi connectivity index (χ1) is 14.5. The molecule has 0 N–H and O–H groups in total. The van der Waals surface area contributed by atoms with Crippen molar-refractivity contribution in [1.29, 1.82) is 0 Å². The molecule has 7 nitrogen and oxygen atoms in total. The molecule has 0 aliphatic carbocycles. The van der Waals surface area contributed by atoms with Gasteiger partial charge >= 0.3 is 0 Å². The van der Waals surface area contributed by atoms with Gasteiger partial charge in [-0.1, -0.05) is 29.5 Å². The first-order valence-corrected chi connectivity index (χ1v) is 11.9. The van der Waals surface area contributed by atoms with E-state index in [4.69, 9.17) is 9.47 Å². The number of piperidine rings is 1. The van der Waals surface area contributed by atoms with Crippen molar-refractivity contribution in [2.45, 2.75) is 23.7 Å². The van der Waals surface area contributed by atoms with Gasteiger partial charge in [0.05, 0.1) is 24.7 Å². The van der Waals surface area contributed by atoms with Gasteiger partial charge in [-0.25, -0.2) is 8.42 Å². The minimum atomic E-state index is -3.54. The zero-order valence-corrected chi connectivity index (χ0v) is 18.4. The number of rotatable bonds is 6. The molecule has 0 saturated carbocycles. The van der Waals surface area contributed by atoms with Crippen LogP contribution in [0.15, 0.2) is 53.4 Å². The molecule has 4 rings (SSSR count). The van der Waals surface area contributed by atoms with E-state index < -0.39 is 10.0 Å². The molecule has 158 valence electrons. The lowest BCUT2D eigenvalue weighted by Gasteiger charge is -2.30. The van der Waals surface area contributed by atoms with Gasteiger partial charge in [0.15, 0.2) is 5.01 Å². The fraction of sp³-hybridized carbons (Fsp3) is 0.333. The maximum absolute atomic E-state index is 13.0. The van der Waals surface area contributed by atoms with Gasteiger partial charge in [-0.2, -0.15) is 4.31 Å². The van der Waals surface area contributed by atoms with Gasteiger partial charge in [0.2, 0.25) is 10.0 Å². The number of ether oxygens (including phenoxy) is 2. The number of hydrogen-bond donors (Lipinski definition) is 0. The number of benzene rings is 2. The molecule has 0 bridgehead atoms. The van der Waals surface area contributed by atoms with Crippen molar-refractivity contribution >= 4 is 21.4 Å². The molecular formula is C21H23N3O4S2. The van der Waals surface area contributed by atoms with Crippen LogP contribution < -0.4 is 9.47 Å². The summed E-state index contributed by atoms with van der Waals surface area (Å²) in [4.78, 5) is 0.259. The van der Waals surface area contributed by atoms with Gasteiger partial charge in [-0.15, -0.1) is 10.2 Å². The topological polar surface area (TPSA) is 81.6 Å². The van der Waals surface area contributed by atoms with Crippen LogP contribution in [0.25, 0.3) is 10.6 Å². The van der Waals surface area contributed by atoms with Gasteiger partial charge in [0.1, 0.15) is 16.5 Å². The molecule has 3 aromatic rings. The van der Waals surface area contributed by atoms with Crippen LogP contribution in [0, 0.1) is 0 Å². The summed E-state index contributed by atoms with van der Waals surface area (Å²) in [6.07, 6.45) is 1.42. The predicted molar refractivity (Wildman–Crippen MR) is 116 cm³/mol. The van der Waals surface area contributed by atoms with E-state index in [1.165, 1.54) is 7.11 Å². The van der Waals surface area contributed by atoms with Crippen LogP contribution in [0.3, 0.4) is 0 Å². The Morgan fingerprint density at radius 1 is 1.00 bits per heavy atom. The molecule has 0 unspecified atom stereocenters. The third kappa shape index (κ3) is 4.05. The van der Waals surface area contributed by atoms with E-state index in [9.17, 15) is 8.42 Å². The van der Waals surface area contributed by atoms with Crippen molar-refractivity contribution in [1.82, 2.24) is 14.5 Å². The van der Waals surface area contributed by atoms with Gasteiger partial charge in [-0.05, 0) is 37.1 Å². The Labute approximate surface area is 180 Å². The Morgan fingerprint density at radius 2 is 1.77 bits per heavy atom. The highest BCUT2D eigenvalue weighted by molar-refractivity contribution is 7.89. The highest BCUT2D eigenvalue weighted by Crippen LogP contribution is 2.37. The molecule has 0 atom stereocenters. The summed E-state index contributed by atoms with van der Waals surface area (Å²) in [6, 6.07) is 14.3. The van der Waals surface area contributed by atoms with E-state index in [0.717, 1.165) is 21.3 Å². The molecule has 1 fully saturated rings. The third-order valence-electron chi connectivity index (χ3n) is 5.26. The maximum atomic E-state index is 13.0. The molecule has 1 saturated heterocycles. The lowest BCUT2D eigenvalue weighted by Crippen LogP contribution is -2.37. The molecule has 0 spiro atoms. The Kier molecular flexibility index (Phi) is 6.03. The molecule has 0 amide bonds. The second-order valence-electron chi connectivity index (χ2n) is 7.00. The Hall–Kier alpha value is -2.49. The number of sulfonamides is 1. The molecule has 2 heterocycles. The van der Waals surface area contributed by atoms with Gasteiger partial charge in [0, 0.05) is 25.1 Å². The first-order valence-electron chi connectivity index (χ1n) is 9.64. The number of aromatic nitrogens is 2. The molecule has 30 heavy (non-hydrogen) atoms. The van der Waals surface area contributed by atoms with Crippen LogP contribution >= 0.6 is 11.3 Å². The van der Waals surface area contributed by atoms with Crippen molar-refractivity contribution in [3.05, 3.63) is 53.5 Å². The molecule has 9 heteroatoms. The summed E-state index contributed by atoms with van der Waals surface area (Å²) < 4.78 is 38.1. The van der Waals surface area contributed by atoms with E-state index in [2.05, 4.69) is 10.2 Å². The standard InChI is InChI=1S/C21H23N3O4S2/c1-27-16-6-5-7-17(14-16)30(25,26)24-12-10-15(11-13-24)20-22-23-21(29-20)18-8-3-4-9-19(18)28-2/h3-9,14-15H,10-13H2,1-2H3. The van der Waals surface area contributed by atoms with E-state index >= 15 is 0 Å². The monoisotopic (exact) mass is 445 g/mol. The second kappa shape index (κ2) is 8.71. The van der Waals surface area contributed by atoms with E-state index in [1.54, 1.807) is 47.0 Å². The van der Waals surface area contributed by atoms with Crippen LogP contribution in [0.1, 0.15) is 23.8 Å². The minimum absolute atomic E-state index is 0.197. The van der Waals surface area contributed by atoms with Crippen molar-refractivity contribution in [3.63, 3.8) is 0 Å². The predicted octanol–water partition coefficient (Wildman–Crippen LogP) is 3.79. The molecular weight excluding hydrogens is 422 g/mol. The summed E-state index contributed by atoms with van der Waals surface area (Å²) >= 11 is 1.55. The van der Waals surface area contributed by atoms with Crippen LogP contribution in [0.4, 0.5) is 0 Å². The first kappa shape index (κ1) is 20.8. The van der Waals surface area contributed by atoms with Crippen molar-refractivity contribution in [3.8, 4) is 22.1 Å². The Bertz CT molecular complexity index is 1120. The number of methoxy groups -OCH3 is 2. The van der Waals surface area contributed by atoms with E-state index in [0.29, 0.717) is 31.7 Å². The minimum Gasteiger partial charge on any atom is -0.497 e. The highest BCUT2D eigenvalue weighted by atomic mass is 32.2. The number of para-hydroxylation sites is 1. The Balaban J connectivity index is 1.47. The summed E-state index contributed by atoms with van der Waals surface area (Å²) in [5, 5.41) is 10.5. The smallest absolute Gasteiger partial charge is 0.243 e. The third-order valence-corrected chi connectivity index (χ3v) is 8.27. The van der Waals surface area contributed by atoms with Crippen LogP contribution in [-0.2, 0) is 10.0 Å². The van der Waals surface area contributed by atoms with Crippen molar-refractivity contribution in [2.75, 3.05) is 27.3 Å². The fourth-order valence-corrected chi connectivity index (χ4v) is 6.13. The van der Waals surface area contributed by atoms with Gasteiger partial charge in [-0.3, -0.25) is 0 Å². The average Bonchev–Trinajstić information content (AvgIpc) is 3.29. The summed E-state index contributed by atoms with van der Waals surface area (Å²) in [5.41, 5.74) is 0.918. The summed E-state index contributed by atoms with van der Waals surface area (Å²) in [6.45, 7) is 0.904. The SMILES string of the molecule is COc1cccc(S(=O)(=O)N2CCC(c3nnc(-c4ccccc4OC)s3)CC2)c1. The van der Waals surface area contributed by atoms with Crippen LogP contribution in [0.2, 0.25) is 0 Å². The zero-order chi connectivity index (χ0) is 21.1. The molecule has 1 aromatic heterocycles. The van der Waals surface area contributed by atoms with E-state index in [1.807, 2.05) is 24.3 Å². The molecule has 0 radical (unpaired) electrons. The lowest BCUT2D eigenvalue weighted by atomic mass is 9.99.